The first-order valence-corrected chi connectivity index (χ1v) is 12.5. The van der Waals surface area contributed by atoms with E-state index in [0.717, 1.165) is 89.0 Å². The quantitative estimate of drug-likeness (QED) is 0.676. The van der Waals surface area contributed by atoms with E-state index in [1.165, 1.54) is 6.07 Å². The minimum absolute atomic E-state index is 0.0750. The second-order valence-corrected chi connectivity index (χ2v) is 9.96. The normalized spacial score (nSPS) is 23.3. The molecule has 0 radical (unpaired) electrons. The van der Waals surface area contributed by atoms with Crippen LogP contribution >= 0.6 is 0 Å². The van der Waals surface area contributed by atoms with Gasteiger partial charge in [-0.1, -0.05) is 0 Å². The highest BCUT2D eigenvalue weighted by Crippen LogP contribution is 2.48. The van der Waals surface area contributed by atoms with E-state index in [9.17, 15) is 14.0 Å². The highest BCUT2D eigenvalue weighted by Gasteiger charge is 2.48. The third-order valence-corrected chi connectivity index (χ3v) is 8.15. The molecule has 3 amide bonds. The minimum Gasteiger partial charge on any atom is -0.450 e. The number of anilines is 1. The van der Waals surface area contributed by atoms with Crippen LogP contribution in [-0.2, 0) is 10.2 Å². The molecule has 0 bridgehead atoms. The van der Waals surface area contributed by atoms with Gasteiger partial charge in [0.05, 0.1) is 6.61 Å². The Morgan fingerprint density at radius 3 is 2.39 bits per heavy atom. The molecule has 0 N–H and O–H groups in total. The van der Waals surface area contributed by atoms with Crippen LogP contribution in [0.15, 0.2) is 18.2 Å². The van der Waals surface area contributed by atoms with Crippen molar-refractivity contribution in [1.82, 2.24) is 14.7 Å². The number of hydrogen-bond donors (Lipinski definition) is 0. The number of piperidine rings is 2. The van der Waals surface area contributed by atoms with Gasteiger partial charge in [-0.3, -0.25) is 4.90 Å². The third-order valence-electron chi connectivity index (χ3n) is 8.15. The van der Waals surface area contributed by atoms with Gasteiger partial charge in [0.2, 0.25) is 0 Å². The molecule has 180 valence electrons. The van der Waals surface area contributed by atoms with Crippen molar-refractivity contribution >= 4 is 17.8 Å². The molecule has 4 aliphatic rings. The second-order valence-electron chi connectivity index (χ2n) is 9.96. The molecule has 5 rings (SSSR count). The molecule has 4 aliphatic heterocycles. The van der Waals surface area contributed by atoms with Gasteiger partial charge in [-0.05, 0) is 82.3 Å². The molecule has 1 aromatic rings. The van der Waals surface area contributed by atoms with Gasteiger partial charge in [-0.25, -0.2) is 14.0 Å². The van der Waals surface area contributed by atoms with Crippen LogP contribution in [-0.4, -0.2) is 85.3 Å². The number of amides is 3. The topological polar surface area (TPSA) is 56.3 Å². The Morgan fingerprint density at radius 2 is 1.73 bits per heavy atom. The summed E-state index contributed by atoms with van der Waals surface area (Å²) >= 11 is 0. The molecule has 4 heterocycles. The summed E-state index contributed by atoms with van der Waals surface area (Å²) in [5.41, 5.74) is 1.73. The number of fused-ring (bicyclic) bond motifs is 2. The van der Waals surface area contributed by atoms with E-state index in [-0.39, 0.29) is 23.4 Å². The number of hydrogen-bond acceptors (Lipinski definition) is 4. The molecule has 33 heavy (non-hydrogen) atoms. The largest absolute Gasteiger partial charge is 0.450 e. The summed E-state index contributed by atoms with van der Waals surface area (Å²) in [6.07, 6.45) is 5.67. The van der Waals surface area contributed by atoms with E-state index in [2.05, 4.69) is 4.90 Å². The van der Waals surface area contributed by atoms with Gasteiger partial charge < -0.3 is 19.4 Å². The van der Waals surface area contributed by atoms with E-state index in [0.29, 0.717) is 19.2 Å². The van der Waals surface area contributed by atoms with Crippen molar-refractivity contribution in [2.45, 2.75) is 56.9 Å². The number of rotatable bonds is 2. The average molecular weight is 459 g/mol. The SMILES string of the molecule is CCOC(=O)N1CCC(N2CCC3(CC2)CN(C(=O)N2CCCC2)c2ccc(F)cc23)CC1. The van der Waals surface area contributed by atoms with Gasteiger partial charge >= 0.3 is 12.1 Å². The maximum atomic E-state index is 14.3. The zero-order valence-corrected chi connectivity index (χ0v) is 19.6. The van der Waals surface area contributed by atoms with Crippen molar-refractivity contribution < 1.29 is 18.7 Å². The number of carbonyl (C=O) groups excluding carboxylic acids is 2. The third kappa shape index (κ3) is 4.18. The van der Waals surface area contributed by atoms with Crippen LogP contribution in [0.3, 0.4) is 0 Å². The highest BCUT2D eigenvalue weighted by molar-refractivity contribution is 5.95. The van der Waals surface area contributed by atoms with Crippen LogP contribution in [0.2, 0.25) is 0 Å². The fourth-order valence-electron chi connectivity index (χ4n) is 6.26. The van der Waals surface area contributed by atoms with Crippen molar-refractivity contribution in [3.63, 3.8) is 0 Å². The smallest absolute Gasteiger partial charge is 0.409 e. The Balaban J connectivity index is 1.26. The lowest BCUT2D eigenvalue weighted by Crippen LogP contribution is -2.53. The van der Waals surface area contributed by atoms with Gasteiger partial charge in [0.1, 0.15) is 5.82 Å². The van der Waals surface area contributed by atoms with Crippen LogP contribution < -0.4 is 4.90 Å². The van der Waals surface area contributed by atoms with Crippen LogP contribution in [0, 0.1) is 5.82 Å². The number of carbonyl (C=O) groups is 2. The first kappa shape index (κ1) is 22.4. The van der Waals surface area contributed by atoms with Crippen LogP contribution in [0.5, 0.6) is 0 Å². The predicted molar refractivity (Wildman–Crippen MR) is 124 cm³/mol. The summed E-state index contributed by atoms with van der Waals surface area (Å²) in [4.78, 5) is 33.5. The molecule has 3 fully saturated rings. The molecule has 0 aromatic heterocycles. The summed E-state index contributed by atoms with van der Waals surface area (Å²) in [6.45, 7) is 7.87. The van der Waals surface area contributed by atoms with Gasteiger partial charge in [-0.15, -0.1) is 0 Å². The zero-order valence-electron chi connectivity index (χ0n) is 19.6. The van der Waals surface area contributed by atoms with Gasteiger partial charge in [-0.2, -0.15) is 0 Å². The molecule has 8 heteroatoms. The van der Waals surface area contributed by atoms with E-state index >= 15 is 0 Å². The molecule has 1 spiro atoms. The summed E-state index contributed by atoms with van der Waals surface area (Å²) < 4.78 is 19.4. The Labute approximate surface area is 195 Å². The molecule has 3 saturated heterocycles. The fraction of sp³-hybridized carbons (Fsp3) is 0.680. The molecule has 7 nitrogen and oxygen atoms in total. The highest BCUT2D eigenvalue weighted by atomic mass is 19.1. The Bertz CT molecular complexity index is 888. The second kappa shape index (κ2) is 9.12. The van der Waals surface area contributed by atoms with Crippen molar-refractivity contribution in [3.05, 3.63) is 29.6 Å². The predicted octanol–water partition coefficient (Wildman–Crippen LogP) is 3.82. The lowest BCUT2D eigenvalue weighted by atomic mass is 9.74. The lowest BCUT2D eigenvalue weighted by molar-refractivity contribution is 0.0579. The first-order chi connectivity index (χ1) is 16.0. The number of benzene rings is 1. The number of likely N-dealkylation sites (tertiary alicyclic amines) is 3. The van der Waals surface area contributed by atoms with E-state index in [1.54, 1.807) is 12.1 Å². The van der Waals surface area contributed by atoms with Gasteiger partial charge in [0, 0.05) is 49.9 Å². The Kier molecular flexibility index (Phi) is 6.20. The Morgan fingerprint density at radius 1 is 1.03 bits per heavy atom. The number of halogens is 1. The number of ether oxygens (including phenoxy) is 1. The molecule has 0 unspecified atom stereocenters. The van der Waals surface area contributed by atoms with Gasteiger partial charge in [0.15, 0.2) is 0 Å². The van der Waals surface area contributed by atoms with Crippen LogP contribution in [0.4, 0.5) is 19.7 Å². The molecule has 0 atom stereocenters. The van der Waals surface area contributed by atoms with E-state index < -0.39 is 0 Å². The summed E-state index contributed by atoms with van der Waals surface area (Å²) in [7, 11) is 0. The number of nitrogens with zero attached hydrogens (tertiary/aromatic N) is 4. The zero-order chi connectivity index (χ0) is 23.0. The van der Waals surface area contributed by atoms with Crippen molar-refractivity contribution in [3.8, 4) is 0 Å². The van der Waals surface area contributed by atoms with E-state index in [4.69, 9.17) is 4.74 Å². The summed E-state index contributed by atoms with van der Waals surface area (Å²) in [5.74, 6) is -0.225. The first-order valence-electron chi connectivity index (χ1n) is 12.5. The summed E-state index contributed by atoms with van der Waals surface area (Å²) in [6, 6.07) is 5.48. The molecule has 1 aromatic carbocycles. The molecule has 0 saturated carbocycles. The molecular weight excluding hydrogens is 423 g/mol. The fourth-order valence-corrected chi connectivity index (χ4v) is 6.26. The molecular formula is C25H35FN4O3. The molecule has 0 aliphatic carbocycles. The maximum Gasteiger partial charge on any atom is 0.409 e. The van der Waals surface area contributed by atoms with Crippen molar-refractivity contribution in [2.24, 2.45) is 0 Å². The van der Waals surface area contributed by atoms with Crippen molar-refractivity contribution in [1.29, 1.82) is 0 Å². The number of urea groups is 1. The van der Waals surface area contributed by atoms with E-state index in [1.807, 2.05) is 21.6 Å². The van der Waals surface area contributed by atoms with Gasteiger partial charge in [0.25, 0.3) is 0 Å². The van der Waals surface area contributed by atoms with Crippen LogP contribution in [0.1, 0.15) is 51.0 Å². The monoisotopic (exact) mass is 458 g/mol. The maximum absolute atomic E-state index is 14.3. The Hall–Kier alpha value is -2.35. The lowest BCUT2D eigenvalue weighted by Gasteiger charge is -2.45. The standard InChI is InChI=1S/C25H35FN4O3/c1-2-33-24(32)29-13-7-20(8-14-29)27-15-9-25(10-16-27)18-30(23(31)28-11-3-4-12-28)22-6-5-19(26)17-21(22)25/h5-6,17,20H,2-4,7-16,18H2,1H3. The van der Waals surface area contributed by atoms with Crippen LogP contribution in [0.25, 0.3) is 0 Å². The minimum atomic E-state index is -0.225. The average Bonchev–Trinajstić information content (AvgIpc) is 3.47. The summed E-state index contributed by atoms with van der Waals surface area (Å²) in [5, 5.41) is 0. The van der Waals surface area contributed by atoms with Crippen molar-refractivity contribution in [2.75, 3.05) is 57.3 Å².